The number of piperidine rings is 1. The molecule has 5 nitrogen and oxygen atoms in total. The molecular weight excluding hydrogens is 252 g/mol. The van der Waals surface area contributed by atoms with Crippen LogP contribution in [0.15, 0.2) is 6.07 Å². The molecule has 0 radical (unpaired) electrons. The molecule has 0 unspecified atom stereocenters. The number of amides is 1. The van der Waals surface area contributed by atoms with E-state index < -0.39 is 0 Å². The monoisotopic (exact) mass is 274 g/mol. The van der Waals surface area contributed by atoms with Gasteiger partial charge in [0.1, 0.15) is 5.82 Å². The molecule has 2 heterocycles. The highest BCUT2D eigenvalue weighted by atomic mass is 16.1. The Morgan fingerprint density at radius 3 is 2.95 bits per heavy atom. The highest BCUT2D eigenvalue weighted by Crippen LogP contribution is 2.25. The van der Waals surface area contributed by atoms with Gasteiger partial charge in [-0.3, -0.25) is 4.79 Å². The van der Waals surface area contributed by atoms with Gasteiger partial charge in [0.25, 0.3) is 5.91 Å². The number of pyridine rings is 1. The fourth-order valence-corrected chi connectivity index (χ4v) is 3.12. The minimum absolute atomic E-state index is 0.389. The molecule has 1 aliphatic carbocycles. The Morgan fingerprint density at radius 2 is 2.20 bits per heavy atom. The van der Waals surface area contributed by atoms with Crippen molar-refractivity contribution >= 4 is 11.7 Å². The lowest BCUT2D eigenvalue weighted by Crippen LogP contribution is -2.31. The quantitative estimate of drug-likeness (QED) is 0.767. The number of hydrogen-bond acceptors (Lipinski definition) is 4. The van der Waals surface area contributed by atoms with Crippen LogP contribution in [0.2, 0.25) is 0 Å². The summed E-state index contributed by atoms with van der Waals surface area (Å²) < 4.78 is 0. The van der Waals surface area contributed by atoms with E-state index in [2.05, 4.69) is 15.6 Å². The van der Waals surface area contributed by atoms with Gasteiger partial charge in [0, 0.05) is 12.2 Å². The van der Waals surface area contributed by atoms with Gasteiger partial charge in [-0.1, -0.05) is 0 Å². The Kier molecular flexibility index (Phi) is 3.87. The van der Waals surface area contributed by atoms with Crippen LogP contribution in [0.3, 0.4) is 0 Å². The van der Waals surface area contributed by atoms with E-state index >= 15 is 0 Å². The molecule has 108 valence electrons. The lowest BCUT2D eigenvalue weighted by atomic mass is 9.98. The molecule has 1 aromatic heterocycles. The first-order valence-corrected chi connectivity index (χ1v) is 7.51. The van der Waals surface area contributed by atoms with Crippen molar-refractivity contribution < 1.29 is 4.79 Å². The van der Waals surface area contributed by atoms with E-state index in [1.165, 1.54) is 18.4 Å². The van der Waals surface area contributed by atoms with Crippen molar-refractivity contribution in [2.45, 2.75) is 32.1 Å². The van der Waals surface area contributed by atoms with Crippen LogP contribution in [0.25, 0.3) is 0 Å². The zero-order valence-electron chi connectivity index (χ0n) is 11.7. The first kappa shape index (κ1) is 13.4. The minimum atomic E-state index is -0.389. The lowest BCUT2D eigenvalue weighted by Gasteiger charge is -2.23. The van der Waals surface area contributed by atoms with Crippen LogP contribution >= 0.6 is 0 Å². The summed E-state index contributed by atoms with van der Waals surface area (Å²) >= 11 is 0. The fraction of sp³-hybridized carbons (Fsp3) is 0.600. The summed E-state index contributed by atoms with van der Waals surface area (Å²) in [7, 11) is 0. The van der Waals surface area contributed by atoms with Gasteiger partial charge >= 0.3 is 0 Å². The van der Waals surface area contributed by atoms with E-state index in [1.807, 2.05) is 6.07 Å². The van der Waals surface area contributed by atoms with Crippen molar-refractivity contribution in [3.8, 4) is 0 Å². The number of nitrogens with two attached hydrogens (primary N) is 1. The maximum Gasteiger partial charge on any atom is 0.252 e. The summed E-state index contributed by atoms with van der Waals surface area (Å²) in [6, 6.07) is 1.93. The van der Waals surface area contributed by atoms with Crippen LogP contribution in [0.4, 0.5) is 5.82 Å². The molecule has 0 bridgehead atoms. The van der Waals surface area contributed by atoms with E-state index in [-0.39, 0.29) is 5.91 Å². The molecule has 1 aromatic rings. The normalized spacial score (nSPS) is 18.8. The molecule has 1 amide bonds. The number of rotatable bonds is 4. The third-order valence-corrected chi connectivity index (χ3v) is 4.33. The van der Waals surface area contributed by atoms with Crippen LogP contribution in [0.1, 0.15) is 40.9 Å². The number of nitrogens with one attached hydrogen (secondary N) is 2. The predicted octanol–water partition coefficient (Wildman–Crippen LogP) is 1.08. The SMILES string of the molecule is NC(=O)c1cc2c(nc1NCC1CCNCC1)CCC2. The highest BCUT2D eigenvalue weighted by Gasteiger charge is 2.20. The average Bonchev–Trinajstić information content (AvgIpc) is 2.92. The third-order valence-electron chi connectivity index (χ3n) is 4.33. The van der Waals surface area contributed by atoms with E-state index in [1.54, 1.807) is 0 Å². The molecule has 1 aliphatic heterocycles. The number of fused-ring (bicyclic) bond motifs is 1. The molecule has 0 saturated carbocycles. The molecule has 0 spiro atoms. The summed E-state index contributed by atoms with van der Waals surface area (Å²) in [4.78, 5) is 16.2. The van der Waals surface area contributed by atoms with E-state index in [0.717, 1.165) is 44.6 Å². The second-order valence-electron chi connectivity index (χ2n) is 5.78. The molecule has 0 atom stereocenters. The summed E-state index contributed by atoms with van der Waals surface area (Å²) in [5.41, 5.74) is 8.34. The Labute approximate surface area is 119 Å². The molecule has 1 saturated heterocycles. The summed E-state index contributed by atoms with van der Waals surface area (Å²) in [6.45, 7) is 3.02. The Hall–Kier alpha value is -1.62. The van der Waals surface area contributed by atoms with Crippen molar-refractivity contribution in [1.82, 2.24) is 10.3 Å². The number of carbonyl (C=O) groups excluding carboxylic acids is 1. The van der Waals surface area contributed by atoms with E-state index in [0.29, 0.717) is 17.3 Å². The maximum absolute atomic E-state index is 11.6. The highest BCUT2D eigenvalue weighted by molar-refractivity contribution is 5.97. The van der Waals surface area contributed by atoms with Gasteiger partial charge in [-0.15, -0.1) is 0 Å². The molecule has 1 fully saturated rings. The lowest BCUT2D eigenvalue weighted by molar-refractivity contribution is 0.100. The van der Waals surface area contributed by atoms with Crippen LogP contribution in [0.5, 0.6) is 0 Å². The molecule has 3 rings (SSSR count). The smallest absolute Gasteiger partial charge is 0.252 e. The van der Waals surface area contributed by atoms with E-state index in [9.17, 15) is 4.79 Å². The van der Waals surface area contributed by atoms with Crippen molar-refractivity contribution in [2.24, 2.45) is 11.7 Å². The zero-order valence-corrected chi connectivity index (χ0v) is 11.7. The number of aryl methyl sites for hydroxylation is 2. The Bertz CT molecular complexity index is 509. The van der Waals surface area contributed by atoms with Gasteiger partial charge in [0.05, 0.1) is 5.56 Å². The number of carbonyl (C=O) groups is 1. The molecule has 4 N–H and O–H groups in total. The molecule has 20 heavy (non-hydrogen) atoms. The molecule has 5 heteroatoms. The van der Waals surface area contributed by atoms with Gasteiger partial charge in [0.2, 0.25) is 0 Å². The van der Waals surface area contributed by atoms with Gasteiger partial charge in [-0.05, 0) is 62.7 Å². The zero-order chi connectivity index (χ0) is 13.9. The minimum Gasteiger partial charge on any atom is -0.369 e. The first-order valence-electron chi connectivity index (χ1n) is 7.51. The number of hydrogen-bond donors (Lipinski definition) is 3. The van der Waals surface area contributed by atoms with Crippen molar-refractivity contribution in [3.63, 3.8) is 0 Å². The largest absolute Gasteiger partial charge is 0.369 e. The maximum atomic E-state index is 11.6. The van der Waals surface area contributed by atoms with Crippen LogP contribution < -0.4 is 16.4 Å². The first-order chi connectivity index (χ1) is 9.74. The van der Waals surface area contributed by atoms with Crippen LogP contribution in [-0.4, -0.2) is 30.5 Å². The fourth-order valence-electron chi connectivity index (χ4n) is 3.12. The number of nitrogens with zero attached hydrogens (tertiary/aromatic N) is 1. The summed E-state index contributed by atoms with van der Waals surface area (Å²) in [5.74, 6) is 0.934. The van der Waals surface area contributed by atoms with Gasteiger partial charge in [0.15, 0.2) is 0 Å². The van der Waals surface area contributed by atoms with Gasteiger partial charge < -0.3 is 16.4 Å². The Morgan fingerprint density at radius 1 is 1.40 bits per heavy atom. The number of anilines is 1. The molecule has 2 aliphatic rings. The third kappa shape index (κ3) is 2.77. The van der Waals surface area contributed by atoms with Crippen LogP contribution in [-0.2, 0) is 12.8 Å². The van der Waals surface area contributed by atoms with E-state index in [4.69, 9.17) is 5.73 Å². The summed E-state index contributed by atoms with van der Waals surface area (Å²) in [5, 5.41) is 6.71. The average molecular weight is 274 g/mol. The topological polar surface area (TPSA) is 80.0 Å². The van der Waals surface area contributed by atoms with Crippen molar-refractivity contribution in [2.75, 3.05) is 25.0 Å². The molecular formula is C15H22N4O. The van der Waals surface area contributed by atoms with Crippen LogP contribution in [0, 0.1) is 5.92 Å². The summed E-state index contributed by atoms with van der Waals surface area (Å²) in [6.07, 6.45) is 5.49. The van der Waals surface area contributed by atoms with Crippen molar-refractivity contribution in [1.29, 1.82) is 0 Å². The number of primary amides is 1. The second kappa shape index (κ2) is 5.79. The van der Waals surface area contributed by atoms with Gasteiger partial charge in [-0.25, -0.2) is 4.98 Å². The Balaban J connectivity index is 1.75. The number of aromatic nitrogens is 1. The predicted molar refractivity (Wildman–Crippen MR) is 78.9 cm³/mol. The second-order valence-corrected chi connectivity index (χ2v) is 5.78. The van der Waals surface area contributed by atoms with Gasteiger partial charge in [-0.2, -0.15) is 0 Å². The van der Waals surface area contributed by atoms with Crippen molar-refractivity contribution in [3.05, 3.63) is 22.9 Å². The molecule has 0 aromatic carbocycles. The standard InChI is InChI=1S/C15H22N4O/c16-14(20)12-8-11-2-1-3-13(11)19-15(12)18-9-10-4-6-17-7-5-10/h8,10,17H,1-7,9H2,(H2,16,20)(H,18,19).